The topological polar surface area (TPSA) is 84.7 Å². The van der Waals surface area contributed by atoms with Gasteiger partial charge in [-0.25, -0.2) is 13.9 Å². The van der Waals surface area contributed by atoms with Gasteiger partial charge < -0.3 is 10.6 Å². The third kappa shape index (κ3) is 3.19. The molecule has 0 saturated heterocycles. The van der Waals surface area contributed by atoms with Gasteiger partial charge in [0.05, 0.1) is 17.6 Å². The van der Waals surface area contributed by atoms with E-state index in [4.69, 9.17) is 11.6 Å². The van der Waals surface area contributed by atoms with Crippen LogP contribution in [0.3, 0.4) is 0 Å². The van der Waals surface area contributed by atoms with E-state index >= 15 is 0 Å². The van der Waals surface area contributed by atoms with Crippen LogP contribution < -0.4 is 10.6 Å². The molecule has 0 spiro atoms. The Morgan fingerprint density at radius 2 is 2.25 bits per heavy atom. The molecule has 2 atom stereocenters. The van der Waals surface area contributed by atoms with Crippen LogP contribution in [0.4, 0.5) is 9.18 Å². The van der Waals surface area contributed by atoms with Crippen molar-refractivity contribution in [3.8, 4) is 0 Å². The number of carbonyl (C=O) groups excluding carboxylic acids is 1. The largest absolute Gasteiger partial charge is 0.335 e. The average Bonchev–Trinajstić information content (AvgIpc) is 3.48. The van der Waals surface area contributed by atoms with Crippen LogP contribution in [-0.4, -0.2) is 32.3 Å². The van der Waals surface area contributed by atoms with E-state index < -0.39 is 5.82 Å². The molecule has 24 heavy (non-hydrogen) atoms. The maximum Gasteiger partial charge on any atom is 0.315 e. The van der Waals surface area contributed by atoms with Gasteiger partial charge in [-0.3, -0.25) is 0 Å². The van der Waals surface area contributed by atoms with Gasteiger partial charge in [-0.05, 0) is 47.4 Å². The van der Waals surface area contributed by atoms with Crippen LogP contribution in [0, 0.1) is 5.82 Å². The van der Waals surface area contributed by atoms with Crippen molar-refractivity contribution >= 4 is 17.6 Å². The Kier molecular flexibility index (Phi) is 3.84. The smallest absolute Gasteiger partial charge is 0.315 e. The fourth-order valence-corrected chi connectivity index (χ4v) is 2.89. The Morgan fingerprint density at radius 1 is 1.42 bits per heavy atom. The van der Waals surface area contributed by atoms with Gasteiger partial charge in [0.1, 0.15) is 5.82 Å². The highest BCUT2D eigenvalue weighted by Gasteiger charge is 2.39. The Bertz CT molecular complexity index is 777. The predicted octanol–water partition coefficient (Wildman–Crippen LogP) is 2.16. The van der Waals surface area contributed by atoms with Crippen LogP contribution >= 0.6 is 11.6 Å². The van der Waals surface area contributed by atoms with Crippen molar-refractivity contribution in [1.29, 1.82) is 0 Å². The first kappa shape index (κ1) is 15.3. The first-order valence-electron chi connectivity index (χ1n) is 7.88. The molecule has 2 aromatic rings. The number of hydrogen-bond acceptors (Lipinski definition) is 4. The standard InChI is InChI=1S/C15H16ClFN6O/c16-11-4-1-8(5-12(11)17)10-6-13(10)19-15(24)18-7-14-20-21-22-23(14)9-2-3-9/h1,4-5,9-10,13H,2-3,6-7H2,(H2,18,19,24)/t10-,13+/m0/s1. The van der Waals surface area contributed by atoms with Gasteiger partial charge in [0.2, 0.25) is 0 Å². The second kappa shape index (κ2) is 6.01. The van der Waals surface area contributed by atoms with Crippen molar-refractivity contribution in [2.24, 2.45) is 0 Å². The summed E-state index contributed by atoms with van der Waals surface area (Å²) in [7, 11) is 0. The SMILES string of the molecule is O=C(NCc1nnnn1C1CC1)N[C@@H]1C[C@H]1c1ccc(Cl)c(F)c1. The summed E-state index contributed by atoms with van der Waals surface area (Å²) in [6, 6.07) is 4.86. The van der Waals surface area contributed by atoms with E-state index in [1.165, 1.54) is 6.07 Å². The van der Waals surface area contributed by atoms with Gasteiger partial charge in [0.15, 0.2) is 5.82 Å². The summed E-state index contributed by atoms with van der Waals surface area (Å²) < 4.78 is 15.3. The van der Waals surface area contributed by atoms with Crippen LogP contribution in [0.1, 0.15) is 42.6 Å². The van der Waals surface area contributed by atoms with Crippen LogP contribution in [0.25, 0.3) is 0 Å². The molecule has 9 heteroatoms. The maximum atomic E-state index is 13.5. The molecule has 0 radical (unpaired) electrons. The lowest BCUT2D eigenvalue weighted by atomic mass is 10.1. The second-order valence-electron chi connectivity index (χ2n) is 6.22. The van der Waals surface area contributed by atoms with Crippen molar-refractivity contribution in [2.75, 3.05) is 0 Å². The van der Waals surface area contributed by atoms with Gasteiger partial charge in [0.25, 0.3) is 0 Å². The number of aromatic nitrogens is 4. The number of hydrogen-bond donors (Lipinski definition) is 2. The van der Waals surface area contributed by atoms with Crippen LogP contribution in [-0.2, 0) is 6.54 Å². The minimum absolute atomic E-state index is 0.00463. The number of carbonyl (C=O) groups is 1. The van der Waals surface area contributed by atoms with E-state index in [1.54, 1.807) is 16.8 Å². The summed E-state index contributed by atoms with van der Waals surface area (Å²) in [5.41, 5.74) is 0.847. The van der Waals surface area contributed by atoms with Crippen molar-refractivity contribution in [3.63, 3.8) is 0 Å². The van der Waals surface area contributed by atoms with Gasteiger partial charge in [-0.1, -0.05) is 17.7 Å². The van der Waals surface area contributed by atoms with Crippen molar-refractivity contribution in [1.82, 2.24) is 30.8 Å². The normalized spacial score (nSPS) is 22.2. The highest BCUT2D eigenvalue weighted by molar-refractivity contribution is 6.30. The predicted molar refractivity (Wildman–Crippen MR) is 84.0 cm³/mol. The molecular formula is C15H16ClFN6O. The lowest BCUT2D eigenvalue weighted by Gasteiger charge is -2.08. The van der Waals surface area contributed by atoms with Crippen LogP contribution in [0.15, 0.2) is 18.2 Å². The Morgan fingerprint density at radius 3 is 3.00 bits per heavy atom. The van der Waals surface area contributed by atoms with Crippen LogP contribution in [0.2, 0.25) is 5.02 Å². The highest BCUT2D eigenvalue weighted by Crippen LogP contribution is 2.41. The summed E-state index contributed by atoms with van der Waals surface area (Å²) in [6.07, 6.45) is 2.94. The van der Waals surface area contributed by atoms with E-state index in [2.05, 4.69) is 26.2 Å². The summed E-state index contributed by atoms with van der Waals surface area (Å²) >= 11 is 5.68. The minimum atomic E-state index is -0.434. The fourth-order valence-electron chi connectivity index (χ4n) is 2.78. The van der Waals surface area contributed by atoms with Gasteiger partial charge in [-0.2, -0.15) is 0 Å². The summed E-state index contributed by atoms with van der Waals surface area (Å²) in [5, 5.41) is 17.3. The molecule has 0 unspecified atom stereocenters. The number of halogens is 2. The summed E-state index contributed by atoms with van der Waals surface area (Å²) in [4.78, 5) is 12.0. The number of nitrogens with zero attached hydrogens (tertiary/aromatic N) is 4. The first-order valence-corrected chi connectivity index (χ1v) is 8.25. The number of nitrogens with one attached hydrogen (secondary N) is 2. The number of benzene rings is 1. The molecule has 0 aliphatic heterocycles. The molecule has 2 aliphatic carbocycles. The van der Waals surface area contributed by atoms with E-state index in [-0.39, 0.29) is 29.6 Å². The van der Waals surface area contributed by atoms with E-state index in [0.717, 1.165) is 24.8 Å². The molecule has 4 rings (SSSR count). The van der Waals surface area contributed by atoms with E-state index in [9.17, 15) is 9.18 Å². The molecule has 2 N–H and O–H groups in total. The number of urea groups is 1. The Hall–Kier alpha value is -2.22. The lowest BCUT2D eigenvalue weighted by molar-refractivity contribution is 0.239. The molecule has 2 saturated carbocycles. The first-order chi connectivity index (χ1) is 11.6. The third-order valence-corrected chi connectivity index (χ3v) is 4.65. The summed E-state index contributed by atoms with van der Waals surface area (Å²) in [6.45, 7) is 0.280. The Balaban J connectivity index is 1.28. The zero-order chi connectivity index (χ0) is 16.7. The molecule has 2 amide bonds. The maximum absolute atomic E-state index is 13.5. The Labute approximate surface area is 142 Å². The van der Waals surface area contributed by atoms with Gasteiger partial charge in [0, 0.05) is 12.0 Å². The number of tetrazole rings is 1. The highest BCUT2D eigenvalue weighted by atomic mass is 35.5. The third-order valence-electron chi connectivity index (χ3n) is 4.34. The average molecular weight is 351 g/mol. The van der Waals surface area contributed by atoms with Crippen molar-refractivity contribution in [3.05, 3.63) is 40.4 Å². The molecule has 1 heterocycles. The molecule has 1 aromatic carbocycles. The molecule has 126 valence electrons. The van der Waals surface area contributed by atoms with Crippen molar-refractivity contribution < 1.29 is 9.18 Å². The molecule has 1 aromatic heterocycles. The lowest BCUT2D eigenvalue weighted by Crippen LogP contribution is -2.37. The fraction of sp³-hybridized carbons (Fsp3) is 0.467. The molecule has 2 fully saturated rings. The second-order valence-corrected chi connectivity index (χ2v) is 6.63. The minimum Gasteiger partial charge on any atom is -0.335 e. The molecule has 0 bridgehead atoms. The van der Waals surface area contributed by atoms with E-state index in [1.807, 2.05) is 0 Å². The number of amides is 2. The quantitative estimate of drug-likeness (QED) is 0.865. The number of rotatable bonds is 5. The van der Waals surface area contributed by atoms with Gasteiger partial charge in [-0.15, -0.1) is 5.10 Å². The van der Waals surface area contributed by atoms with Gasteiger partial charge >= 0.3 is 6.03 Å². The molecular weight excluding hydrogens is 335 g/mol. The zero-order valence-electron chi connectivity index (χ0n) is 12.7. The van der Waals surface area contributed by atoms with Crippen LogP contribution in [0.5, 0.6) is 0 Å². The molecule has 7 nitrogen and oxygen atoms in total. The zero-order valence-corrected chi connectivity index (χ0v) is 13.5. The summed E-state index contributed by atoms with van der Waals surface area (Å²) in [5.74, 6) is 0.343. The monoisotopic (exact) mass is 350 g/mol. The molecule has 2 aliphatic rings. The van der Waals surface area contributed by atoms with Crippen molar-refractivity contribution in [2.45, 2.75) is 43.8 Å². The van der Waals surface area contributed by atoms with E-state index in [0.29, 0.717) is 11.9 Å².